The fourth-order valence-corrected chi connectivity index (χ4v) is 2.44. The second-order valence-electron chi connectivity index (χ2n) is 6.29. The maximum atomic E-state index is 12.0. The minimum Gasteiger partial charge on any atom is -0.480 e. The van der Waals surface area contributed by atoms with E-state index >= 15 is 0 Å². The molecule has 3 N–H and O–H groups in total. The minimum absolute atomic E-state index is 0.139. The maximum Gasteiger partial charge on any atom is 0.258 e. The van der Waals surface area contributed by atoms with Crippen LogP contribution in [0.5, 0.6) is 0 Å². The lowest BCUT2D eigenvalue weighted by atomic mass is 10.1. The van der Waals surface area contributed by atoms with Gasteiger partial charge >= 0.3 is 0 Å². The van der Waals surface area contributed by atoms with Gasteiger partial charge in [0.05, 0.1) is 26.4 Å². The molecule has 1 aromatic rings. The number of nitrogens with two attached hydrogens (primary N) is 1. The molecular weight excluding hydrogens is 384 g/mol. The first kappa shape index (κ1) is 23.3. The lowest BCUT2D eigenvalue weighted by Crippen LogP contribution is -2.31. The molecule has 0 atom stereocenters. The van der Waals surface area contributed by atoms with Crippen LogP contribution in [0.15, 0.2) is 72.0 Å². The number of carbonyl (C=O) groups is 2. The molecule has 0 unspecified atom stereocenters. The van der Waals surface area contributed by atoms with Crippen LogP contribution < -0.4 is 11.1 Å². The van der Waals surface area contributed by atoms with Crippen LogP contribution in [-0.4, -0.2) is 57.8 Å². The largest absolute Gasteiger partial charge is 0.480 e. The van der Waals surface area contributed by atoms with Gasteiger partial charge in [-0.3, -0.25) is 9.59 Å². The van der Waals surface area contributed by atoms with Crippen molar-refractivity contribution in [2.75, 3.05) is 46.1 Å². The highest BCUT2D eigenvalue weighted by molar-refractivity contribution is 6.04. The third-order valence-corrected chi connectivity index (χ3v) is 3.91. The Bertz CT molecular complexity index is 797. The first-order valence-electron chi connectivity index (χ1n) is 9.81. The Labute approximate surface area is 176 Å². The molecule has 0 saturated carbocycles. The van der Waals surface area contributed by atoms with Gasteiger partial charge in [0.25, 0.3) is 5.91 Å². The van der Waals surface area contributed by atoms with Crippen LogP contribution in [0.2, 0.25) is 0 Å². The zero-order valence-corrected chi connectivity index (χ0v) is 16.9. The Hall–Kier alpha value is -3.00. The fraction of sp³-hybridized carbons (Fsp3) is 0.304. The number of ketones is 1. The number of amides is 1. The van der Waals surface area contributed by atoms with E-state index in [-0.39, 0.29) is 24.1 Å². The molecule has 2 rings (SSSR count). The van der Waals surface area contributed by atoms with Crippen molar-refractivity contribution < 1.29 is 23.8 Å². The van der Waals surface area contributed by atoms with Gasteiger partial charge < -0.3 is 25.3 Å². The van der Waals surface area contributed by atoms with Crippen LogP contribution >= 0.6 is 0 Å². The number of carbonyl (C=O) groups excluding carboxylic acids is 2. The molecule has 0 saturated heterocycles. The van der Waals surface area contributed by atoms with Crippen molar-refractivity contribution in [1.29, 1.82) is 0 Å². The van der Waals surface area contributed by atoms with Crippen LogP contribution in [-0.2, 0) is 23.8 Å². The van der Waals surface area contributed by atoms with Crippen molar-refractivity contribution in [3.8, 4) is 0 Å². The van der Waals surface area contributed by atoms with E-state index in [9.17, 15) is 9.59 Å². The highest BCUT2D eigenvalue weighted by atomic mass is 16.5. The minimum atomic E-state index is -0.323. The fourth-order valence-electron chi connectivity index (χ4n) is 2.44. The van der Waals surface area contributed by atoms with Gasteiger partial charge in [0, 0.05) is 13.1 Å². The van der Waals surface area contributed by atoms with E-state index in [1.807, 2.05) is 48.6 Å². The van der Waals surface area contributed by atoms with Crippen molar-refractivity contribution in [3.63, 3.8) is 0 Å². The molecule has 0 radical (unpaired) electrons. The second-order valence-corrected chi connectivity index (χ2v) is 6.29. The molecule has 0 aliphatic heterocycles. The smallest absolute Gasteiger partial charge is 0.258 e. The van der Waals surface area contributed by atoms with Gasteiger partial charge in [-0.1, -0.05) is 54.6 Å². The number of hydrogen-bond donors (Lipinski definition) is 2. The van der Waals surface area contributed by atoms with Crippen molar-refractivity contribution >= 4 is 17.8 Å². The van der Waals surface area contributed by atoms with Gasteiger partial charge in [0.1, 0.15) is 0 Å². The third-order valence-electron chi connectivity index (χ3n) is 3.91. The van der Waals surface area contributed by atoms with Crippen LogP contribution in [0.1, 0.15) is 5.56 Å². The molecule has 1 aliphatic rings. The number of rotatable bonds is 13. The summed E-state index contributed by atoms with van der Waals surface area (Å²) >= 11 is 0. The van der Waals surface area contributed by atoms with Crippen molar-refractivity contribution in [2.45, 2.75) is 0 Å². The van der Waals surface area contributed by atoms with Crippen LogP contribution in [0, 0.1) is 0 Å². The Balaban J connectivity index is 1.70. The molecule has 1 aliphatic carbocycles. The lowest BCUT2D eigenvalue weighted by Gasteiger charge is -2.11. The summed E-state index contributed by atoms with van der Waals surface area (Å²) in [4.78, 5) is 23.8. The normalized spacial score (nSPS) is 14.9. The van der Waals surface area contributed by atoms with E-state index < -0.39 is 0 Å². The van der Waals surface area contributed by atoms with E-state index in [4.69, 9.17) is 19.9 Å². The van der Waals surface area contributed by atoms with Gasteiger partial charge in [-0.25, -0.2) is 0 Å². The molecule has 160 valence electrons. The summed E-state index contributed by atoms with van der Waals surface area (Å²) in [5.74, 6) is -0.455. The first-order chi connectivity index (χ1) is 14.7. The average molecular weight is 412 g/mol. The molecule has 7 heteroatoms. The van der Waals surface area contributed by atoms with Gasteiger partial charge in [-0.2, -0.15) is 0 Å². The number of benzene rings is 1. The van der Waals surface area contributed by atoms with E-state index in [1.165, 1.54) is 6.08 Å². The summed E-state index contributed by atoms with van der Waals surface area (Å²) in [5.41, 5.74) is 7.19. The molecular formula is C23H28N2O5. The van der Waals surface area contributed by atoms with Crippen LogP contribution in [0.4, 0.5) is 0 Å². The highest BCUT2D eigenvalue weighted by Crippen LogP contribution is 2.14. The van der Waals surface area contributed by atoms with E-state index in [0.29, 0.717) is 39.5 Å². The predicted molar refractivity (Wildman–Crippen MR) is 115 cm³/mol. The van der Waals surface area contributed by atoms with E-state index in [0.717, 1.165) is 11.1 Å². The SMILES string of the molecule is NCCOCCOCCNC(=O)COC1=C/C(=C/C=C/c2ccccc2)C=CC1=O. The molecule has 0 fully saturated rings. The highest BCUT2D eigenvalue weighted by Gasteiger charge is 2.14. The van der Waals surface area contributed by atoms with Crippen LogP contribution in [0.3, 0.4) is 0 Å². The monoisotopic (exact) mass is 412 g/mol. The summed E-state index contributed by atoms with van der Waals surface area (Å²) in [5, 5.41) is 2.67. The number of nitrogens with one attached hydrogen (secondary N) is 1. The Morgan fingerprint density at radius 1 is 1.03 bits per heavy atom. The van der Waals surface area contributed by atoms with E-state index in [2.05, 4.69) is 5.32 Å². The first-order valence-corrected chi connectivity index (χ1v) is 9.81. The predicted octanol–water partition coefficient (Wildman–Crippen LogP) is 1.77. The zero-order valence-electron chi connectivity index (χ0n) is 16.9. The van der Waals surface area contributed by atoms with E-state index in [1.54, 1.807) is 12.2 Å². The maximum absolute atomic E-state index is 12.0. The van der Waals surface area contributed by atoms with Gasteiger partial charge in [-0.15, -0.1) is 0 Å². The average Bonchev–Trinajstić information content (AvgIpc) is 2.76. The molecule has 1 aromatic carbocycles. The Kier molecular flexibility index (Phi) is 10.9. The Morgan fingerprint density at radius 2 is 1.80 bits per heavy atom. The van der Waals surface area contributed by atoms with Crippen LogP contribution in [0.25, 0.3) is 6.08 Å². The molecule has 30 heavy (non-hydrogen) atoms. The van der Waals surface area contributed by atoms with Crippen molar-refractivity contribution in [3.05, 3.63) is 77.6 Å². The quantitative estimate of drug-likeness (QED) is 0.479. The number of allylic oxidation sites excluding steroid dienone is 6. The molecule has 0 spiro atoms. The summed E-state index contributed by atoms with van der Waals surface area (Å²) < 4.78 is 15.9. The zero-order chi connectivity index (χ0) is 21.4. The topological polar surface area (TPSA) is 99.9 Å². The molecule has 7 nitrogen and oxygen atoms in total. The summed E-state index contributed by atoms with van der Waals surface area (Å²) in [7, 11) is 0. The third kappa shape index (κ3) is 9.47. The standard InChI is InChI=1S/C23H28N2O5/c24-11-13-28-15-16-29-14-12-25-23(27)18-30-22-17-20(9-10-21(22)26)8-4-7-19-5-2-1-3-6-19/h1-10,17H,11-16,18,24H2,(H,25,27)/b7-4+,20-8+. The number of hydrogen-bond acceptors (Lipinski definition) is 6. The molecule has 0 heterocycles. The van der Waals surface area contributed by atoms with Gasteiger partial charge in [0.2, 0.25) is 5.78 Å². The summed E-state index contributed by atoms with van der Waals surface area (Å²) in [6.45, 7) is 2.36. The van der Waals surface area contributed by atoms with Gasteiger partial charge in [-0.05, 0) is 23.3 Å². The lowest BCUT2D eigenvalue weighted by molar-refractivity contribution is -0.125. The summed E-state index contributed by atoms with van der Waals surface area (Å²) in [6, 6.07) is 9.89. The molecule has 0 aromatic heterocycles. The van der Waals surface area contributed by atoms with Crippen molar-refractivity contribution in [1.82, 2.24) is 5.32 Å². The van der Waals surface area contributed by atoms with Gasteiger partial charge in [0.15, 0.2) is 12.4 Å². The second kappa shape index (κ2) is 14.1. The molecule has 1 amide bonds. The Morgan fingerprint density at radius 3 is 2.57 bits per heavy atom. The van der Waals surface area contributed by atoms with Crippen molar-refractivity contribution in [2.24, 2.45) is 5.73 Å². The number of ether oxygens (including phenoxy) is 3. The molecule has 0 bridgehead atoms. The summed E-state index contributed by atoms with van der Waals surface area (Å²) in [6.07, 6.45) is 10.5.